The molecule has 0 unspecified atom stereocenters. The summed E-state index contributed by atoms with van der Waals surface area (Å²) in [7, 11) is 0. The standard InChI is InChI=1S/C18H29NO/c1-2-3-4-5-6-15-20-18-9-7-16(8-10-18)17-11-13-19-14-12-17/h7-10,17,19H,2-6,11-15H2,1H3. The van der Waals surface area contributed by atoms with E-state index in [0.717, 1.165) is 31.4 Å². The highest BCUT2D eigenvalue weighted by Crippen LogP contribution is 2.26. The summed E-state index contributed by atoms with van der Waals surface area (Å²) in [6.07, 6.45) is 8.99. The van der Waals surface area contributed by atoms with E-state index in [2.05, 4.69) is 36.5 Å². The first-order valence-corrected chi connectivity index (χ1v) is 8.33. The molecule has 112 valence electrons. The van der Waals surface area contributed by atoms with Crippen LogP contribution < -0.4 is 10.1 Å². The van der Waals surface area contributed by atoms with Gasteiger partial charge in [0.25, 0.3) is 0 Å². The molecule has 0 saturated carbocycles. The molecule has 1 N–H and O–H groups in total. The second-order valence-corrected chi connectivity index (χ2v) is 5.86. The SMILES string of the molecule is CCCCCCCOc1ccc(C2CCNCC2)cc1. The van der Waals surface area contributed by atoms with E-state index in [0.29, 0.717) is 0 Å². The van der Waals surface area contributed by atoms with E-state index in [4.69, 9.17) is 4.74 Å². The Bertz CT molecular complexity index is 354. The van der Waals surface area contributed by atoms with Crippen LogP contribution >= 0.6 is 0 Å². The van der Waals surface area contributed by atoms with Gasteiger partial charge in [0.1, 0.15) is 5.75 Å². The van der Waals surface area contributed by atoms with Gasteiger partial charge < -0.3 is 10.1 Å². The van der Waals surface area contributed by atoms with Crippen molar-refractivity contribution in [2.45, 2.75) is 57.8 Å². The van der Waals surface area contributed by atoms with Gasteiger partial charge in [-0.3, -0.25) is 0 Å². The molecule has 0 atom stereocenters. The Kier molecular flexibility index (Phi) is 6.93. The number of ether oxygens (including phenoxy) is 1. The number of nitrogens with one attached hydrogen (secondary N) is 1. The molecule has 20 heavy (non-hydrogen) atoms. The average Bonchev–Trinajstić information content (AvgIpc) is 2.52. The summed E-state index contributed by atoms with van der Waals surface area (Å²) in [4.78, 5) is 0. The topological polar surface area (TPSA) is 21.3 Å². The highest BCUT2D eigenvalue weighted by atomic mass is 16.5. The fourth-order valence-corrected chi connectivity index (χ4v) is 2.89. The molecule has 0 amide bonds. The van der Waals surface area contributed by atoms with E-state index in [1.165, 1.54) is 50.5 Å². The molecule has 2 heteroatoms. The lowest BCUT2D eigenvalue weighted by atomic mass is 9.90. The fraction of sp³-hybridized carbons (Fsp3) is 0.667. The van der Waals surface area contributed by atoms with Crippen molar-refractivity contribution in [1.82, 2.24) is 5.32 Å². The Balaban J connectivity index is 1.68. The lowest BCUT2D eigenvalue weighted by molar-refractivity contribution is 0.304. The van der Waals surface area contributed by atoms with Crippen molar-refractivity contribution in [1.29, 1.82) is 0 Å². The number of hydrogen-bond acceptors (Lipinski definition) is 2. The smallest absolute Gasteiger partial charge is 0.119 e. The van der Waals surface area contributed by atoms with E-state index in [-0.39, 0.29) is 0 Å². The number of benzene rings is 1. The third-order valence-corrected chi connectivity index (χ3v) is 4.21. The number of hydrogen-bond donors (Lipinski definition) is 1. The van der Waals surface area contributed by atoms with Crippen LogP contribution in [-0.4, -0.2) is 19.7 Å². The molecule has 1 aromatic carbocycles. The minimum absolute atomic E-state index is 0.736. The average molecular weight is 275 g/mol. The summed E-state index contributed by atoms with van der Waals surface area (Å²) in [6.45, 7) is 5.41. The van der Waals surface area contributed by atoms with Crippen LogP contribution in [0.2, 0.25) is 0 Å². The van der Waals surface area contributed by atoms with Gasteiger partial charge in [-0.05, 0) is 56.0 Å². The van der Waals surface area contributed by atoms with Gasteiger partial charge >= 0.3 is 0 Å². The molecule has 1 saturated heterocycles. The Morgan fingerprint density at radius 2 is 1.70 bits per heavy atom. The minimum atomic E-state index is 0.736. The lowest BCUT2D eigenvalue weighted by Crippen LogP contribution is -2.26. The van der Waals surface area contributed by atoms with Crippen molar-refractivity contribution in [2.75, 3.05) is 19.7 Å². The maximum absolute atomic E-state index is 5.82. The van der Waals surface area contributed by atoms with Crippen molar-refractivity contribution >= 4 is 0 Å². The van der Waals surface area contributed by atoms with Crippen LogP contribution in [0.5, 0.6) is 5.75 Å². The number of unbranched alkanes of at least 4 members (excludes halogenated alkanes) is 4. The molecule has 1 aliphatic heterocycles. The van der Waals surface area contributed by atoms with Gasteiger partial charge in [-0.1, -0.05) is 44.7 Å². The Morgan fingerprint density at radius 3 is 2.40 bits per heavy atom. The van der Waals surface area contributed by atoms with Crippen LogP contribution in [0.3, 0.4) is 0 Å². The normalized spacial score (nSPS) is 16.2. The van der Waals surface area contributed by atoms with Gasteiger partial charge in [-0.15, -0.1) is 0 Å². The summed E-state index contributed by atoms with van der Waals surface area (Å²) in [5.74, 6) is 1.76. The molecular formula is C18H29NO. The van der Waals surface area contributed by atoms with E-state index < -0.39 is 0 Å². The van der Waals surface area contributed by atoms with E-state index in [1.807, 2.05) is 0 Å². The summed E-state index contributed by atoms with van der Waals surface area (Å²) in [5.41, 5.74) is 1.47. The second-order valence-electron chi connectivity index (χ2n) is 5.86. The van der Waals surface area contributed by atoms with Crippen LogP contribution in [-0.2, 0) is 0 Å². The minimum Gasteiger partial charge on any atom is -0.494 e. The van der Waals surface area contributed by atoms with E-state index in [9.17, 15) is 0 Å². The van der Waals surface area contributed by atoms with Crippen LogP contribution in [0.15, 0.2) is 24.3 Å². The van der Waals surface area contributed by atoms with Gasteiger partial charge in [0.2, 0.25) is 0 Å². The quantitative estimate of drug-likeness (QED) is 0.705. The van der Waals surface area contributed by atoms with Gasteiger partial charge in [0, 0.05) is 0 Å². The summed E-state index contributed by atoms with van der Waals surface area (Å²) in [5, 5.41) is 3.42. The molecule has 1 heterocycles. The maximum Gasteiger partial charge on any atom is 0.119 e. The number of piperidine rings is 1. The summed E-state index contributed by atoms with van der Waals surface area (Å²) < 4.78 is 5.82. The molecular weight excluding hydrogens is 246 g/mol. The first-order chi connectivity index (χ1) is 9.90. The fourth-order valence-electron chi connectivity index (χ4n) is 2.89. The third kappa shape index (κ3) is 5.16. The zero-order valence-corrected chi connectivity index (χ0v) is 12.9. The largest absolute Gasteiger partial charge is 0.494 e. The first kappa shape index (κ1) is 15.4. The first-order valence-electron chi connectivity index (χ1n) is 8.33. The van der Waals surface area contributed by atoms with E-state index in [1.54, 1.807) is 0 Å². The molecule has 0 bridgehead atoms. The molecule has 1 aromatic rings. The third-order valence-electron chi connectivity index (χ3n) is 4.21. The second kappa shape index (κ2) is 9.02. The lowest BCUT2D eigenvalue weighted by Gasteiger charge is -2.23. The Morgan fingerprint density at radius 1 is 1.00 bits per heavy atom. The van der Waals surface area contributed by atoms with Crippen LogP contribution in [0.1, 0.15) is 63.4 Å². The molecule has 0 aromatic heterocycles. The molecule has 1 aliphatic rings. The van der Waals surface area contributed by atoms with Crippen LogP contribution in [0.25, 0.3) is 0 Å². The zero-order valence-electron chi connectivity index (χ0n) is 12.9. The maximum atomic E-state index is 5.82. The zero-order chi connectivity index (χ0) is 14.0. The van der Waals surface area contributed by atoms with Gasteiger partial charge in [-0.2, -0.15) is 0 Å². The van der Waals surface area contributed by atoms with Gasteiger partial charge in [0.05, 0.1) is 6.61 Å². The molecule has 0 spiro atoms. The van der Waals surface area contributed by atoms with Crippen LogP contribution in [0.4, 0.5) is 0 Å². The molecule has 1 fully saturated rings. The van der Waals surface area contributed by atoms with Crippen molar-refractivity contribution in [2.24, 2.45) is 0 Å². The summed E-state index contributed by atoms with van der Waals surface area (Å²) in [6, 6.07) is 8.79. The highest BCUT2D eigenvalue weighted by Gasteiger charge is 2.14. The Labute approximate surface area is 123 Å². The number of rotatable bonds is 8. The monoisotopic (exact) mass is 275 g/mol. The predicted molar refractivity (Wildman–Crippen MR) is 85.5 cm³/mol. The van der Waals surface area contributed by atoms with Crippen LogP contribution in [0, 0.1) is 0 Å². The van der Waals surface area contributed by atoms with Gasteiger partial charge in [-0.25, -0.2) is 0 Å². The summed E-state index contributed by atoms with van der Waals surface area (Å²) >= 11 is 0. The highest BCUT2D eigenvalue weighted by molar-refractivity contribution is 5.29. The predicted octanol–water partition coefficient (Wildman–Crippen LogP) is 4.50. The molecule has 2 nitrogen and oxygen atoms in total. The van der Waals surface area contributed by atoms with Crippen molar-refractivity contribution < 1.29 is 4.74 Å². The van der Waals surface area contributed by atoms with Crippen molar-refractivity contribution in [3.63, 3.8) is 0 Å². The van der Waals surface area contributed by atoms with E-state index >= 15 is 0 Å². The molecule has 0 radical (unpaired) electrons. The van der Waals surface area contributed by atoms with Crippen molar-refractivity contribution in [3.8, 4) is 5.75 Å². The molecule has 2 rings (SSSR count). The molecule has 0 aliphatic carbocycles. The van der Waals surface area contributed by atoms with Crippen molar-refractivity contribution in [3.05, 3.63) is 29.8 Å². The van der Waals surface area contributed by atoms with Gasteiger partial charge in [0.15, 0.2) is 0 Å². The Hall–Kier alpha value is -1.02.